The number of nitrogens with zero attached hydrogens (tertiary/aromatic N) is 2. The van der Waals surface area contributed by atoms with Crippen LogP contribution in [-0.2, 0) is 6.61 Å². The normalized spacial score (nSPS) is 9.69. The van der Waals surface area contributed by atoms with E-state index in [-0.39, 0.29) is 12.4 Å². The van der Waals surface area contributed by atoms with Gasteiger partial charge in [-0.25, -0.2) is 0 Å². The van der Waals surface area contributed by atoms with Crippen LogP contribution in [0.1, 0.15) is 11.3 Å². The molecule has 1 aromatic carbocycles. The van der Waals surface area contributed by atoms with E-state index in [0.717, 1.165) is 5.75 Å². The minimum atomic E-state index is 0.203. The van der Waals surface area contributed by atoms with Crippen LogP contribution in [0.15, 0.2) is 30.3 Å². The average molecular weight is 214 g/mol. The summed E-state index contributed by atoms with van der Waals surface area (Å²) in [6.07, 6.45) is 0. The number of nitrogens with two attached hydrogens (primary N) is 1. The minimum absolute atomic E-state index is 0.203. The van der Waals surface area contributed by atoms with Crippen molar-refractivity contribution in [2.24, 2.45) is 0 Å². The van der Waals surface area contributed by atoms with Crippen molar-refractivity contribution < 1.29 is 4.74 Å². The zero-order valence-electron chi connectivity index (χ0n) is 8.47. The molecular formula is C11H10N4O. The molecule has 0 unspecified atom stereocenters. The van der Waals surface area contributed by atoms with Gasteiger partial charge >= 0.3 is 0 Å². The van der Waals surface area contributed by atoms with Crippen molar-refractivity contribution >= 4 is 5.82 Å². The molecule has 5 heteroatoms. The highest BCUT2D eigenvalue weighted by Crippen LogP contribution is 2.15. The van der Waals surface area contributed by atoms with E-state index in [9.17, 15) is 0 Å². The van der Waals surface area contributed by atoms with Gasteiger partial charge in [-0.1, -0.05) is 18.2 Å². The summed E-state index contributed by atoms with van der Waals surface area (Å²) >= 11 is 0. The summed E-state index contributed by atoms with van der Waals surface area (Å²) < 4.78 is 5.47. The summed E-state index contributed by atoms with van der Waals surface area (Å²) in [4.78, 5) is 0. The predicted octanol–water partition coefficient (Wildman–Crippen LogP) is 1.44. The van der Waals surface area contributed by atoms with Crippen LogP contribution in [0.3, 0.4) is 0 Å². The molecule has 16 heavy (non-hydrogen) atoms. The number of hydrogen-bond acceptors (Lipinski definition) is 4. The monoisotopic (exact) mass is 214 g/mol. The van der Waals surface area contributed by atoms with Crippen molar-refractivity contribution in [3.63, 3.8) is 0 Å². The highest BCUT2D eigenvalue weighted by atomic mass is 16.5. The van der Waals surface area contributed by atoms with Crippen LogP contribution in [0.4, 0.5) is 5.82 Å². The largest absolute Gasteiger partial charge is 0.487 e. The number of aromatic nitrogens is 2. The molecule has 0 aliphatic carbocycles. The number of ether oxygens (including phenoxy) is 1. The second-order valence-corrected chi connectivity index (χ2v) is 3.18. The van der Waals surface area contributed by atoms with Gasteiger partial charge in [0.1, 0.15) is 24.0 Å². The average Bonchev–Trinajstić information content (AvgIpc) is 2.68. The lowest BCUT2D eigenvalue weighted by Gasteiger charge is -2.03. The minimum Gasteiger partial charge on any atom is -0.487 e. The standard InChI is InChI=1S/C11H10N4O/c12-6-9-10(14-15-11(9)13)7-16-8-4-2-1-3-5-8/h1-5H,7H2,(H3,13,14,15). The summed E-state index contributed by atoms with van der Waals surface area (Å²) in [5.74, 6) is 0.939. The fourth-order valence-electron chi connectivity index (χ4n) is 1.30. The van der Waals surface area contributed by atoms with Crippen molar-refractivity contribution in [2.45, 2.75) is 6.61 Å². The Morgan fingerprint density at radius 2 is 2.12 bits per heavy atom. The van der Waals surface area contributed by atoms with Gasteiger partial charge in [-0.05, 0) is 12.1 Å². The molecule has 0 fully saturated rings. The molecule has 0 aliphatic rings. The molecule has 0 amide bonds. The summed E-state index contributed by atoms with van der Waals surface area (Å²) in [6, 6.07) is 11.3. The van der Waals surface area contributed by atoms with E-state index in [1.807, 2.05) is 36.4 Å². The van der Waals surface area contributed by atoms with Gasteiger partial charge in [0.25, 0.3) is 0 Å². The van der Waals surface area contributed by atoms with Gasteiger partial charge in [-0.2, -0.15) is 10.4 Å². The van der Waals surface area contributed by atoms with Gasteiger partial charge < -0.3 is 10.5 Å². The molecule has 3 N–H and O–H groups in total. The van der Waals surface area contributed by atoms with E-state index >= 15 is 0 Å². The van der Waals surface area contributed by atoms with Gasteiger partial charge in [-0.15, -0.1) is 0 Å². The van der Waals surface area contributed by atoms with Crippen LogP contribution >= 0.6 is 0 Å². The predicted molar refractivity (Wildman–Crippen MR) is 58.5 cm³/mol. The Morgan fingerprint density at radius 3 is 2.81 bits per heavy atom. The molecule has 2 aromatic rings. The van der Waals surface area contributed by atoms with Crippen LogP contribution in [0.5, 0.6) is 5.75 Å². The van der Waals surface area contributed by atoms with E-state index < -0.39 is 0 Å². The molecule has 0 aliphatic heterocycles. The van der Waals surface area contributed by atoms with Gasteiger partial charge in [0, 0.05) is 0 Å². The molecule has 0 radical (unpaired) electrons. The molecule has 0 spiro atoms. The summed E-state index contributed by atoms with van der Waals surface area (Å²) in [5, 5.41) is 15.3. The van der Waals surface area contributed by atoms with E-state index in [2.05, 4.69) is 10.2 Å². The topological polar surface area (TPSA) is 87.7 Å². The molecule has 0 atom stereocenters. The van der Waals surface area contributed by atoms with E-state index in [0.29, 0.717) is 11.3 Å². The number of aromatic amines is 1. The Morgan fingerprint density at radius 1 is 1.38 bits per heavy atom. The van der Waals surface area contributed by atoms with Gasteiger partial charge in [0.2, 0.25) is 0 Å². The highest BCUT2D eigenvalue weighted by Gasteiger charge is 2.10. The Bertz CT molecular complexity index is 513. The van der Waals surface area contributed by atoms with E-state index in [1.54, 1.807) is 0 Å². The lowest BCUT2D eigenvalue weighted by Crippen LogP contribution is -1.98. The number of hydrogen-bond donors (Lipinski definition) is 2. The summed E-state index contributed by atoms with van der Waals surface area (Å²) in [5.41, 5.74) is 6.43. The zero-order chi connectivity index (χ0) is 11.4. The Labute approximate surface area is 92.5 Å². The Hall–Kier alpha value is -2.48. The fraction of sp³-hybridized carbons (Fsp3) is 0.0909. The number of para-hydroxylation sites is 1. The third-order valence-electron chi connectivity index (χ3n) is 2.11. The maximum absolute atomic E-state index is 8.84. The van der Waals surface area contributed by atoms with Crippen molar-refractivity contribution in [2.75, 3.05) is 5.73 Å². The molecule has 0 bridgehead atoms. The number of anilines is 1. The molecule has 0 saturated carbocycles. The fourth-order valence-corrected chi connectivity index (χ4v) is 1.30. The van der Waals surface area contributed by atoms with Crippen molar-refractivity contribution in [3.05, 3.63) is 41.6 Å². The van der Waals surface area contributed by atoms with Crippen LogP contribution in [0.2, 0.25) is 0 Å². The smallest absolute Gasteiger partial charge is 0.163 e. The van der Waals surface area contributed by atoms with E-state index in [1.165, 1.54) is 0 Å². The molecule has 0 saturated heterocycles. The lowest BCUT2D eigenvalue weighted by molar-refractivity contribution is 0.301. The first-order valence-corrected chi connectivity index (χ1v) is 4.72. The first-order valence-electron chi connectivity index (χ1n) is 4.72. The molecule has 1 heterocycles. The second kappa shape index (κ2) is 4.36. The number of benzene rings is 1. The zero-order valence-corrected chi connectivity index (χ0v) is 8.47. The maximum atomic E-state index is 8.84. The molecule has 80 valence electrons. The molecule has 5 nitrogen and oxygen atoms in total. The first-order chi connectivity index (χ1) is 7.81. The summed E-state index contributed by atoms with van der Waals surface area (Å²) in [6.45, 7) is 0.247. The number of H-pyrrole nitrogens is 1. The second-order valence-electron chi connectivity index (χ2n) is 3.18. The molecule has 1 aromatic heterocycles. The van der Waals surface area contributed by atoms with Gasteiger partial charge in [-0.3, -0.25) is 5.10 Å². The lowest BCUT2D eigenvalue weighted by atomic mass is 10.2. The van der Waals surface area contributed by atoms with Crippen LogP contribution in [0.25, 0.3) is 0 Å². The van der Waals surface area contributed by atoms with E-state index in [4.69, 9.17) is 15.7 Å². The van der Waals surface area contributed by atoms with Crippen LogP contribution < -0.4 is 10.5 Å². The quantitative estimate of drug-likeness (QED) is 0.809. The van der Waals surface area contributed by atoms with Crippen molar-refractivity contribution in [1.82, 2.24) is 10.2 Å². The highest BCUT2D eigenvalue weighted by molar-refractivity contribution is 5.50. The Kier molecular flexibility index (Phi) is 2.74. The molecular weight excluding hydrogens is 204 g/mol. The van der Waals surface area contributed by atoms with Crippen molar-refractivity contribution in [3.8, 4) is 11.8 Å². The third-order valence-corrected chi connectivity index (χ3v) is 2.11. The number of nitrogens with one attached hydrogen (secondary N) is 1. The molecule has 2 rings (SSSR count). The van der Waals surface area contributed by atoms with Crippen LogP contribution in [0, 0.1) is 11.3 Å². The maximum Gasteiger partial charge on any atom is 0.163 e. The van der Waals surface area contributed by atoms with Gasteiger partial charge in [0.15, 0.2) is 5.82 Å². The first kappa shape index (κ1) is 10.1. The van der Waals surface area contributed by atoms with Crippen molar-refractivity contribution in [1.29, 1.82) is 5.26 Å². The Balaban J connectivity index is 2.09. The number of rotatable bonds is 3. The van der Waals surface area contributed by atoms with Gasteiger partial charge in [0.05, 0.1) is 5.69 Å². The number of nitriles is 1. The third kappa shape index (κ3) is 1.96. The summed E-state index contributed by atoms with van der Waals surface area (Å²) in [7, 11) is 0. The SMILES string of the molecule is N#Cc1c(N)n[nH]c1COc1ccccc1. The van der Waals surface area contributed by atoms with Crippen LogP contribution in [-0.4, -0.2) is 10.2 Å². The number of nitrogen functional groups attached to an aromatic ring is 1.